The van der Waals surface area contributed by atoms with Crippen LogP contribution in [0.4, 0.5) is 5.69 Å². The quantitative estimate of drug-likeness (QED) is 0.209. The van der Waals surface area contributed by atoms with Gasteiger partial charge in [-0.1, -0.05) is 79.0 Å². The first-order chi connectivity index (χ1) is 19.6. The maximum atomic E-state index is 13.8. The largest absolute Gasteiger partial charge is 0.354 e. The Morgan fingerprint density at radius 2 is 1.56 bits per heavy atom. The average molecular weight is 619 g/mol. The molecule has 0 heterocycles. The van der Waals surface area contributed by atoms with Crippen LogP contribution in [0.1, 0.15) is 43.7 Å². The first-order valence-corrected chi connectivity index (χ1v) is 16.3. The summed E-state index contributed by atoms with van der Waals surface area (Å²) in [5.74, 6) is -0.474. The lowest BCUT2D eigenvalue weighted by molar-refractivity contribution is -0.141. The Bertz CT molecular complexity index is 1390. The Hall–Kier alpha value is -3.07. The highest BCUT2D eigenvalue weighted by atomic mass is 35.5. The van der Waals surface area contributed by atoms with Gasteiger partial charge in [-0.15, -0.1) is 0 Å². The van der Waals surface area contributed by atoms with Crippen LogP contribution in [0.2, 0.25) is 10.0 Å². The average Bonchev–Trinajstić information content (AvgIpc) is 2.93. The number of amides is 2. The van der Waals surface area contributed by atoms with Crippen molar-refractivity contribution in [3.8, 4) is 0 Å². The normalized spacial score (nSPS) is 12.0. The molecule has 0 aromatic heterocycles. The maximum Gasteiger partial charge on any atom is 0.243 e. The molecule has 0 saturated heterocycles. The van der Waals surface area contributed by atoms with E-state index in [9.17, 15) is 18.0 Å². The molecular weight excluding hydrogens is 581 g/mol. The summed E-state index contributed by atoms with van der Waals surface area (Å²) in [7, 11) is -3.60. The van der Waals surface area contributed by atoms with Crippen molar-refractivity contribution < 1.29 is 18.0 Å². The van der Waals surface area contributed by atoms with Crippen LogP contribution in [0.15, 0.2) is 78.9 Å². The second-order valence-electron chi connectivity index (χ2n) is 9.92. The third-order valence-corrected chi connectivity index (χ3v) is 8.29. The van der Waals surface area contributed by atoms with Crippen molar-refractivity contribution in [1.29, 1.82) is 0 Å². The topological polar surface area (TPSA) is 86.8 Å². The molecule has 0 unspecified atom stereocenters. The predicted molar refractivity (Wildman–Crippen MR) is 167 cm³/mol. The lowest BCUT2D eigenvalue weighted by atomic mass is 10.0. The van der Waals surface area contributed by atoms with Gasteiger partial charge in [-0.05, 0) is 60.4 Å². The highest BCUT2D eigenvalue weighted by Crippen LogP contribution is 2.22. The Morgan fingerprint density at radius 3 is 2.20 bits per heavy atom. The Balaban J connectivity index is 1.86. The van der Waals surface area contributed by atoms with Crippen LogP contribution in [-0.4, -0.2) is 50.5 Å². The molecule has 0 aliphatic heterocycles. The first kappa shape index (κ1) is 32.4. The van der Waals surface area contributed by atoms with Crippen molar-refractivity contribution in [1.82, 2.24) is 10.2 Å². The minimum Gasteiger partial charge on any atom is -0.354 e. The number of anilines is 1. The molecule has 0 spiro atoms. The van der Waals surface area contributed by atoms with Gasteiger partial charge in [0.05, 0.1) is 11.9 Å². The van der Waals surface area contributed by atoms with E-state index >= 15 is 0 Å². The summed E-state index contributed by atoms with van der Waals surface area (Å²) in [4.78, 5) is 29.0. The molecule has 220 valence electrons. The zero-order valence-electron chi connectivity index (χ0n) is 23.4. The number of halogens is 2. The summed E-state index contributed by atoms with van der Waals surface area (Å²) < 4.78 is 26.4. The highest BCUT2D eigenvalue weighted by Gasteiger charge is 2.30. The minimum atomic E-state index is -3.60. The SMILES string of the molecule is CCCCNC(=O)[C@H](Cc1ccccc1)N(Cc1cccc(Cl)c1)C(=O)CCCN(c1ccc(Cl)cc1)S(C)(=O)=O. The molecule has 0 fully saturated rings. The molecule has 10 heteroatoms. The van der Waals surface area contributed by atoms with E-state index in [1.165, 1.54) is 4.31 Å². The van der Waals surface area contributed by atoms with Gasteiger partial charge in [0, 0.05) is 42.5 Å². The first-order valence-electron chi connectivity index (χ1n) is 13.7. The third-order valence-electron chi connectivity index (χ3n) is 6.61. The van der Waals surface area contributed by atoms with Gasteiger partial charge in [0.1, 0.15) is 6.04 Å². The number of hydrogen-bond donors (Lipinski definition) is 1. The lowest BCUT2D eigenvalue weighted by Crippen LogP contribution is -2.50. The number of hydrogen-bond acceptors (Lipinski definition) is 4. The van der Waals surface area contributed by atoms with Crippen LogP contribution in [-0.2, 0) is 32.6 Å². The molecular formula is C31H37Cl2N3O4S. The summed E-state index contributed by atoms with van der Waals surface area (Å²) >= 11 is 12.2. The van der Waals surface area contributed by atoms with Gasteiger partial charge in [0.2, 0.25) is 21.8 Å². The molecule has 0 bridgehead atoms. The third kappa shape index (κ3) is 10.4. The van der Waals surface area contributed by atoms with Gasteiger partial charge >= 0.3 is 0 Å². The summed E-state index contributed by atoms with van der Waals surface area (Å²) in [6.07, 6.45) is 3.54. The van der Waals surface area contributed by atoms with Gasteiger partial charge in [-0.3, -0.25) is 13.9 Å². The van der Waals surface area contributed by atoms with Crippen LogP contribution in [0.25, 0.3) is 0 Å². The number of sulfonamides is 1. The van der Waals surface area contributed by atoms with E-state index in [4.69, 9.17) is 23.2 Å². The van der Waals surface area contributed by atoms with E-state index in [1.807, 2.05) is 49.4 Å². The van der Waals surface area contributed by atoms with Crippen molar-refractivity contribution in [2.24, 2.45) is 0 Å². The molecule has 0 aliphatic carbocycles. The molecule has 1 atom stereocenters. The van der Waals surface area contributed by atoms with Crippen LogP contribution >= 0.6 is 23.2 Å². The predicted octanol–water partition coefficient (Wildman–Crippen LogP) is 6.10. The van der Waals surface area contributed by atoms with E-state index in [0.29, 0.717) is 28.7 Å². The zero-order valence-corrected chi connectivity index (χ0v) is 25.8. The Kier molecular flexibility index (Phi) is 12.5. The van der Waals surface area contributed by atoms with Gasteiger partial charge in [0.15, 0.2) is 0 Å². The van der Waals surface area contributed by atoms with E-state index in [2.05, 4.69) is 5.32 Å². The van der Waals surface area contributed by atoms with Crippen LogP contribution < -0.4 is 9.62 Å². The van der Waals surface area contributed by atoms with E-state index in [1.54, 1.807) is 41.3 Å². The molecule has 0 aliphatic rings. The summed E-state index contributed by atoms with van der Waals surface area (Å²) in [5.41, 5.74) is 2.19. The molecule has 1 N–H and O–H groups in total. The fourth-order valence-electron chi connectivity index (χ4n) is 4.50. The molecule has 2 amide bonds. The fourth-order valence-corrected chi connectivity index (χ4v) is 5.81. The second kappa shape index (κ2) is 15.8. The minimum absolute atomic E-state index is 0.0493. The second-order valence-corrected chi connectivity index (χ2v) is 12.7. The molecule has 3 aromatic carbocycles. The van der Waals surface area contributed by atoms with Crippen LogP contribution in [0, 0.1) is 0 Å². The fraction of sp³-hybridized carbons (Fsp3) is 0.355. The molecule has 0 saturated carbocycles. The Morgan fingerprint density at radius 1 is 0.878 bits per heavy atom. The van der Waals surface area contributed by atoms with Crippen LogP contribution in [0.3, 0.4) is 0 Å². The van der Waals surface area contributed by atoms with E-state index in [-0.39, 0.29) is 37.7 Å². The molecule has 3 rings (SSSR count). The number of carbonyl (C=O) groups excluding carboxylic acids is 2. The van der Waals surface area contributed by atoms with E-state index < -0.39 is 16.1 Å². The van der Waals surface area contributed by atoms with E-state index in [0.717, 1.165) is 30.2 Å². The van der Waals surface area contributed by atoms with Crippen molar-refractivity contribution in [2.75, 3.05) is 23.7 Å². The molecule has 7 nitrogen and oxygen atoms in total. The molecule has 3 aromatic rings. The molecule has 41 heavy (non-hydrogen) atoms. The summed E-state index contributed by atoms with van der Waals surface area (Å²) in [6.45, 7) is 2.85. The number of carbonyl (C=O) groups is 2. The number of nitrogens with one attached hydrogen (secondary N) is 1. The van der Waals surface area contributed by atoms with Gasteiger partial charge < -0.3 is 10.2 Å². The van der Waals surface area contributed by atoms with Gasteiger partial charge in [0.25, 0.3) is 0 Å². The summed E-state index contributed by atoms with van der Waals surface area (Å²) in [5, 5.41) is 4.03. The maximum absolute atomic E-state index is 13.8. The smallest absolute Gasteiger partial charge is 0.243 e. The van der Waals surface area contributed by atoms with Crippen molar-refractivity contribution >= 4 is 50.7 Å². The monoisotopic (exact) mass is 617 g/mol. The van der Waals surface area contributed by atoms with Crippen molar-refractivity contribution in [2.45, 2.75) is 51.6 Å². The number of benzene rings is 3. The van der Waals surface area contributed by atoms with Gasteiger partial charge in [-0.25, -0.2) is 8.42 Å². The number of unbranched alkanes of at least 4 members (excludes halogenated alkanes) is 1. The molecule has 0 radical (unpaired) electrons. The number of rotatable bonds is 15. The van der Waals surface area contributed by atoms with Crippen LogP contribution in [0.5, 0.6) is 0 Å². The lowest BCUT2D eigenvalue weighted by Gasteiger charge is -2.32. The highest BCUT2D eigenvalue weighted by molar-refractivity contribution is 7.92. The number of nitrogens with zero attached hydrogens (tertiary/aromatic N) is 2. The zero-order chi connectivity index (χ0) is 29.8. The standard InChI is InChI=1S/C31H37Cl2N3O4S/c1-3-4-19-34-31(38)29(22-24-10-6-5-7-11-24)35(23-25-12-8-13-27(33)21-25)30(37)14-9-20-36(41(2,39)40)28-17-15-26(32)16-18-28/h5-8,10-13,15-18,21,29H,3-4,9,14,19-20,22-23H2,1-2H3,(H,34,38)/t29-/m0/s1. The van der Waals surface area contributed by atoms with Crippen molar-refractivity contribution in [3.63, 3.8) is 0 Å². The van der Waals surface area contributed by atoms with Crippen molar-refractivity contribution in [3.05, 3.63) is 100 Å². The Labute approximate surface area is 253 Å². The van der Waals surface area contributed by atoms with Gasteiger partial charge in [-0.2, -0.15) is 0 Å². The summed E-state index contributed by atoms with van der Waals surface area (Å²) in [6, 6.07) is 22.5.